The molecule has 6 nitrogen and oxygen atoms in total. The molecule has 0 fully saturated rings. The van der Waals surface area contributed by atoms with Gasteiger partial charge in [0.05, 0.1) is 25.4 Å². The van der Waals surface area contributed by atoms with E-state index in [1.807, 2.05) is 6.08 Å². The van der Waals surface area contributed by atoms with E-state index in [2.05, 4.69) is 43.5 Å². The largest absolute Gasteiger partial charge is 0.466 e. The molecular weight excluding hydrogens is 1010 g/mol. The minimum Gasteiger partial charge on any atom is -0.466 e. The van der Waals surface area contributed by atoms with Gasteiger partial charge in [-0.15, -0.1) is 0 Å². The molecule has 0 aromatic rings. The lowest BCUT2D eigenvalue weighted by Crippen LogP contribution is -2.45. The second kappa shape index (κ2) is 71.6. The zero-order valence-electron chi connectivity index (χ0n) is 55.5. The number of carbonyl (C=O) groups is 2. The number of esters is 1. The van der Waals surface area contributed by atoms with E-state index in [1.165, 1.54) is 340 Å². The van der Waals surface area contributed by atoms with E-state index in [0.29, 0.717) is 19.4 Å². The summed E-state index contributed by atoms with van der Waals surface area (Å²) in [6, 6.07) is -0.625. The van der Waals surface area contributed by atoms with Crippen molar-refractivity contribution >= 4 is 11.9 Å². The molecule has 2 unspecified atom stereocenters. The predicted octanol–water partition coefficient (Wildman–Crippen LogP) is 24.3. The fourth-order valence-electron chi connectivity index (χ4n) is 11.7. The normalized spacial score (nSPS) is 12.7. The molecule has 0 aliphatic rings. The zero-order chi connectivity index (χ0) is 59.2. The third-order valence-corrected chi connectivity index (χ3v) is 17.4. The van der Waals surface area contributed by atoms with Gasteiger partial charge in [-0.3, -0.25) is 9.59 Å². The summed E-state index contributed by atoms with van der Waals surface area (Å²) in [4.78, 5) is 24.6. The van der Waals surface area contributed by atoms with Crippen LogP contribution in [0.4, 0.5) is 0 Å². The summed E-state index contributed by atoms with van der Waals surface area (Å²) in [5.74, 6) is -0.0469. The first-order chi connectivity index (χ1) is 40.5. The predicted molar refractivity (Wildman–Crippen MR) is 361 cm³/mol. The molecule has 484 valence electrons. The van der Waals surface area contributed by atoms with Crippen LogP contribution in [-0.4, -0.2) is 47.4 Å². The van der Waals surface area contributed by atoms with Crippen LogP contribution in [0.5, 0.6) is 0 Å². The Hall–Kier alpha value is -1.92. The first-order valence-electron chi connectivity index (χ1n) is 37.3. The fraction of sp³-hybridized carbons (Fsp3) is 0.895. The summed E-state index contributed by atoms with van der Waals surface area (Å²) in [5, 5.41) is 23.2. The maximum atomic E-state index is 12.5. The van der Waals surface area contributed by atoms with E-state index in [4.69, 9.17) is 4.74 Å². The molecule has 0 saturated heterocycles. The molecule has 0 aromatic carbocycles. The number of amides is 1. The first-order valence-corrected chi connectivity index (χ1v) is 37.3. The van der Waals surface area contributed by atoms with Crippen molar-refractivity contribution in [3.8, 4) is 0 Å². The maximum absolute atomic E-state index is 12.5. The molecule has 0 heterocycles. The first kappa shape index (κ1) is 80.1. The van der Waals surface area contributed by atoms with E-state index < -0.39 is 12.1 Å². The van der Waals surface area contributed by atoms with Crippen LogP contribution in [0, 0.1) is 0 Å². The molecule has 0 aliphatic carbocycles. The third-order valence-electron chi connectivity index (χ3n) is 17.4. The van der Waals surface area contributed by atoms with Crippen LogP contribution < -0.4 is 5.32 Å². The molecular formula is C76H145NO5. The van der Waals surface area contributed by atoms with Gasteiger partial charge in [-0.25, -0.2) is 0 Å². The molecule has 3 N–H and O–H groups in total. The Bertz CT molecular complexity index is 1330. The quantitative estimate of drug-likeness (QED) is 0.0320. The summed E-state index contributed by atoms with van der Waals surface area (Å²) >= 11 is 0. The molecule has 1 amide bonds. The summed E-state index contributed by atoms with van der Waals surface area (Å²) in [7, 11) is 0. The number of ether oxygens (including phenoxy) is 1. The number of hydrogen-bond acceptors (Lipinski definition) is 5. The van der Waals surface area contributed by atoms with Gasteiger partial charge in [0.1, 0.15) is 0 Å². The average Bonchev–Trinajstić information content (AvgIpc) is 3.48. The monoisotopic (exact) mass is 1150 g/mol. The van der Waals surface area contributed by atoms with E-state index in [9.17, 15) is 19.8 Å². The third kappa shape index (κ3) is 67.2. The van der Waals surface area contributed by atoms with Crippen LogP contribution in [0.2, 0.25) is 0 Å². The van der Waals surface area contributed by atoms with Crippen molar-refractivity contribution in [3.05, 3.63) is 36.5 Å². The van der Waals surface area contributed by atoms with Crippen LogP contribution >= 0.6 is 0 Å². The Balaban J connectivity index is 3.35. The number of nitrogens with one attached hydrogen (secondary N) is 1. The highest BCUT2D eigenvalue weighted by Gasteiger charge is 2.18. The minimum absolute atomic E-state index is 0.0161. The van der Waals surface area contributed by atoms with Gasteiger partial charge >= 0.3 is 5.97 Å². The highest BCUT2D eigenvalue weighted by Crippen LogP contribution is 2.19. The highest BCUT2D eigenvalue weighted by atomic mass is 16.5. The van der Waals surface area contributed by atoms with Crippen molar-refractivity contribution in [1.29, 1.82) is 0 Å². The average molecular weight is 1150 g/mol. The number of hydrogen-bond donors (Lipinski definition) is 3. The second-order valence-electron chi connectivity index (χ2n) is 25.6. The number of aliphatic hydroxyl groups is 2. The van der Waals surface area contributed by atoms with Crippen LogP contribution in [0.25, 0.3) is 0 Å². The molecule has 0 saturated carbocycles. The van der Waals surface area contributed by atoms with Gasteiger partial charge in [0.25, 0.3) is 0 Å². The van der Waals surface area contributed by atoms with Gasteiger partial charge < -0.3 is 20.3 Å². The van der Waals surface area contributed by atoms with Crippen molar-refractivity contribution in [1.82, 2.24) is 5.32 Å². The standard InChI is InChI=1S/C76H145NO5/c1-3-5-7-9-11-13-15-17-19-20-39-42-46-50-54-58-62-66-70-76(81)82-71-67-63-59-55-51-47-43-40-37-35-33-31-29-27-25-23-21-22-24-26-28-30-32-34-36-38-41-45-49-53-57-61-65-69-75(80)77-73(72-78)74(79)68-64-60-56-52-48-44-18-16-14-12-10-8-6-4-2/h19-20,25,27,64,68,73-74,78-79H,3-18,21-24,26,28-63,65-67,69-72H2,1-2H3,(H,77,80)/b20-19-,27-25-,68-64+. The van der Waals surface area contributed by atoms with Crippen molar-refractivity contribution in [3.63, 3.8) is 0 Å². The van der Waals surface area contributed by atoms with Gasteiger partial charge in [-0.1, -0.05) is 352 Å². The molecule has 0 spiro atoms. The Morgan fingerprint density at radius 1 is 0.329 bits per heavy atom. The topological polar surface area (TPSA) is 95.9 Å². The van der Waals surface area contributed by atoms with Gasteiger partial charge in [-0.2, -0.15) is 0 Å². The van der Waals surface area contributed by atoms with E-state index >= 15 is 0 Å². The Morgan fingerprint density at radius 2 is 0.573 bits per heavy atom. The Kier molecular flexibility index (Phi) is 69.9. The highest BCUT2D eigenvalue weighted by molar-refractivity contribution is 5.76. The Morgan fingerprint density at radius 3 is 0.866 bits per heavy atom. The van der Waals surface area contributed by atoms with Gasteiger partial charge in [0.2, 0.25) is 5.91 Å². The Labute approximate surface area is 513 Å². The van der Waals surface area contributed by atoms with Crippen molar-refractivity contribution < 1.29 is 24.5 Å². The van der Waals surface area contributed by atoms with E-state index in [1.54, 1.807) is 6.08 Å². The summed E-state index contributed by atoms with van der Waals surface area (Å²) in [5.41, 5.74) is 0. The van der Waals surface area contributed by atoms with Crippen molar-refractivity contribution in [2.75, 3.05) is 13.2 Å². The number of unbranched alkanes of at least 4 members (excludes halogenated alkanes) is 55. The lowest BCUT2D eigenvalue weighted by atomic mass is 10.0. The number of allylic oxidation sites excluding steroid dienone is 5. The minimum atomic E-state index is -0.842. The van der Waals surface area contributed by atoms with Gasteiger partial charge in [-0.05, 0) is 83.5 Å². The SMILES string of the molecule is CCCCCCCCC/C=C\CCCCCCCCCC(=O)OCCCCCCCCCCCCCC/C=C\CCCCCCCCCCCCCCCCCCCC(=O)NC(CO)C(O)/C=C/CCCCCCCCCCCCCC. The number of rotatable bonds is 70. The zero-order valence-corrected chi connectivity index (χ0v) is 55.5. The lowest BCUT2D eigenvalue weighted by molar-refractivity contribution is -0.143. The van der Waals surface area contributed by atoms with Crippen molar-refractivity contribution in [2.45, 2.75) is 424 Å². The molecule has 6 heteroatoms. The van der Waals surface area contributed by atoms with Crippen LogP contribution in [0.15, 0.2) is 36.5 Å². The van der Waals surface area contributed by atoms with Crippen LogP contribution in [-0.2, 0) is 14.3 Å². The molecule has 2 atom stereocenters. The lowest BCUT2D eigenvalue weighted by Gasteiger charge is -2.20. The fourth-order valence-corrected chi connectivity index (χ4v) is 11.7. The molecule has 82 heavy (non-hydrogen) atoms. The van der Waals surface area contributed by atoms with Gasteiger partial charge in [0, 0.05) is 12.8 Å². The molecule has 0 radical (unpaired) electrons. The van der Waals surface area contributed by atoms with Crippen LogP contribution in [0.1, 0.15) is 412 Å². The summed E-state index contributed by atoms with van der Waals surface area (Å²) in [6.07, 6.45) is 92.5. The van der Waals surface area contributed by atoms with Crippen molar-refractivity contribution in [2.24, 2.45) is 0 Å². The molecule has 0 bridgehead atoms. The molecule has 0 aromatic heterocycles. The summed E-state index contributed by atoms with van der Waals surface area (Å²) in [6.45, 7) is 4.93. The number of aliphatic hydroxyl groups excluding tert-OH is 2. The number of carbonyl (C=O) groups excluding carboxylic acids is 2. The maximum Gasteiger partial charge on any atom is 0.305 e. The smallest absolute Gasteiger partial charge is 0.305 e. The molecule has 0 rings (SSSR count). The van der Waals surface area contributed by atoms with Gasteiger partial charge in [0.15, 0.2) is 0 Å². The second-order valence-corrected chi connectivity index (χ2v) is 25.6. The van der Waals surface area contributed by atoms with E-state index in [0.717, 1.165) is 44.9 Å². The molecule has 0 aliphatic heterocycles. The van der Waals surface area contributed by atoms with Crippen LogP contribution in [0.3, 0.4) is 0 Å². The summed E-state index contributed by atoms with van der Waals surface area (Å²) < 4.78 is 5.51. The van der Waals surface area contributed by atoms with E-state index in [-0.39, 0.29) is 18.5 Å².